The summed E-state index contributed by atoms with van der Waals surface area (Å²) in [4.78, 5) is 23.1. The van der Waals surface area contributed by atoms with Gasteiger partial charge in [-0.1, -0.05) is 26.8 Å². The summed E-state index contributed by atoms with van der Waals surface area (Å²) in [5.41, 5.74) is 0.821. The van der Waals surface area contributed by atoms with Crippen molar-refractivity contribution in [2.45, 2.75) is 47.0 Å². The van der Waals surface area contributed by atoms with Gasteiger partial charge in [0, 0.05) is 18.8 Å². The molecule has 0 aliphatic heterocycles. The Labute approximate surface area is 98.1 Å². The molecule has 1 unspecified atom stereocenters. The van der Waals surface area contributed by atoms with E-state index in [1.54, 1.807) is 0 Å². The third-order valence-electron chi connectivity index (χ3n) is 3.67. The van der Waals surface area contributed by atoms with Crippen molar-refractivity contribution >= 4 is 11.6 Å². The Morgan fingerprint density at radius 1 is 1.44 bits per heavy atom. The number of carbonyl (C=O) groups is 2. The molecule has 0 spiro atoms. The molecule has 1 aliphatic carbocycles. The van der Waals surface area contributed by atoms with Gasteiger partial charge in [0.2, 0.25) is 0 Å². The first kappa shape index (κ1) is 13.1. The van der Waals surface area contributed by atoms with E-state index in [1.165, 1.54) is 0 Å². The third kappa shape index (κ3) is 3.03. The van der Waals surface area contributed by atoms with Crippen LogP contribution in [0.3, 0.4) is 0 Å². The summed E-state index contributed by atoms with van der Waals surface area (Å²) in [6.07, 6.45) is 4.12. The summed E-state index contributed by atoms with van der Waals surface area (Å²) >= 11 is 0. The van der Waals surface area contributed by atoms with Gasteiger partial charge in [0.25, 0.3) is 0 Å². The smallest absolute Gasteiger partial charge is 0.157 e. The molecular formula is C14H22O2. The lowest BCUT2D eigenvalue weighted by molar-refractivity contribution is -0.126. The van der Waals surface area contributed by atoms with Crippen LogP contribution in [0.5, 0.6) is 0 Å². The molecule has 0 bridgehead atoms. The second kappa shape index (κ2) is 5.42. The van der Waals surface area contributed by atoms with Gasteiger partial charge in [-0.05, 0) is 30.8 Å². The van der Waals surface area contributed by atoms with Crippen LogP contribution in [-0.2, 0) is 9.59 Å². The highest BCUT2D eigenvalue weighted by Gasteiger charge is 2.30. The molecule has 0 amide bonds. The van der Waals surface area contributed by atoms with E-state index in [0.29, 0.717) is 24.5 Å². The standard InChI is InChI=1S/C14H22O2/c1-5-13(15)11(4)7-12-8-14(16)10(3)6-9(12)2/h7,9-10,12H,5-6,8H2,1-4H3/b11-7+/t9-,10?,12+/m0/s1. The minimum Gasteiger partial charge on any atom is -0.299 e. The van der Waals surface area contributed by atoms with E-state index < -0.39 is 0 Å². The Kier molecular flexibility index (Phi) is 4.45. The van der Waals surface area contributed by atoms with Gasteiger partial charge in [0.15, 0.2) is 5.78 Å². The number of Topliss-reactive ketones (excluding diaryl/α,β-unsaturated/α-hetero) is 2. The van der Waals surface area contributed by atoms with Crippen molar-refractivity contribution in [1.82, 2.24) is 0 Å². The van der Waals surface area contributed by atoms with Gasteiger partial charge in [-0.15, -0.1) is 0 Å². The largest absolute Gasteiger partial charge is 0.299 e. The van der Waals surface area contributed by atoms with Gasteiger partial charge in [-0.3, -0.25) is 9.59 Å². The molecule has 0 aromatic rings. The highest BCUT2D eigenvalue weighted by atomic mass is 16.1. The molecule has 0 N–H and O–H groups in total. The van der Waals surface area contributed by atoms with Crippen LogP contribution >= 0.6 is 0 Å². The lowest BCUT2D eigenvalue weighted by Gasteiger charge is -2.29. The molecule has 0 aromatic heterocycles. The predicted molar refractivity (Wildman–Crippen MR) is 65.1 cm³/mol. The molecule has 0 saturated heterocycles. The van der Waals surface area contributed by atoms with Crippen molar-refractivity contribution in [3.8, 4) is 0 Å². The van der Waals surface area contributed by atoms with Gasteiger partial charge < -0.3 is 0 Å². The third-order valence-corrected chi connectivity index (χ3v) is 3.67. The molecule has 3 atom stereocenters. The van der Waals surface area contributed by atoms with Crippen LogP contribution in [0.4, 0.5) is 0 Å². The van der Waals surface area contributed by atoms with Crippen molar-refractivity contribution in [2.75, 3.05) is 0 Å². The lowest BCUT2D eigenvalue weighted by atomic mass is 9.74. The second-order valence-corrected chi connectivity index (χ2v) is 5.07. The molecule has 90 valence electrons. The van der Waals surface area contributed by atoms with Crippen molar-refractivity contribution < 1.29 is 9.59 Å². The van der Waals surface area contributed by atoms with E-state index >= 15 is 0 Å². The first-order chi connectivity index (χ1) is 7.45. The Bertz CT molecular complexity index is 315. The molecule has 2 nitrogen and oxygen atoms in total. The number of carbonyl (C=O) groups excluding carboxylic acids is 2. The molecular weight excluding hydrogens is 200 g/mol. The molecule has 1 saturated carbocycles. The zero-order valence-electron chi connectivity index (χ0n) is 10.7. The maximum absolute atomic E-state index is 11.7. The van der Waals surface area contributed by atoms with Crippen LogP contribution in [-0.4, -0.2) is 11.6 Å². The average Bonchev–Trinajstić information content (AvgIpc) is 2.24. The number of hydrogen-bond donors (Lipinski definition) is 0. The summed E-state index contributed by atoms with van der Waals surface area (Å²) in [7, 11) is 0. The van der Waals surface area contributed by atoms with E-state index in [1.807, 2.05) is 26.8 Å². The number of hydrogen-bond acceptors (Lipinski definition) is 2. The SMILES string of the molecule is CCC(=O)/C(C)=C/[C@@H]1CC(=O)C(C)C[C@@H]1C. The van der Waals surface area contributed by atoms with E-state index in [-0.39, 0.29) is 17.6 Å². The van der Waals surface area contributed by atoms with Gasteiger partial charge in [-0.2, -0.15) is 0 Å². The minimum absolute atomic E-state index is 0.193. The molecule has 2 heteroatoms. The second-order valence-electron chi connectivity index (χ2n) is 5.07. The van der Waals surface area contributed by atoms with Gasteiger partial charge >= 0.3 is 0 Å². The Balaban J connectivity index is 2.74. The number of allylic oxidation sites excluding steroid dienone is 2. The average molecular weight is 222 g/mol. The van der Waals surface area contributed by atoms with Crippen molar-refractivity contribution in [3.63, 3.8) is 0 Å². The summed E-state index contributed by atoms with van der Waals surface area (Å²) in [5, 5.41) is 0. The molecule has 0 heterocycles. The molecule has 1 rings (SSSR count). The van der Waals surface area contributed by atoms with E-state index in [9.17, 15) is 9.59 Å². The van der Waals surface area contributed by atoms with Crippen LogP contribution < -0.4 is 0 Å². The topological polar surface area (TPSA) is 34.1 Å². The Morgan fingerprint density at radius 2 is 2.06 bits per heavy atom. The quantitative estimate of drug-likeness (QED) is 0.687. The zero-order chi connectivity index (χ0) is 12.3. The minimum atomic E-state index is 0.193. The first-order valence-corrected chi connectivity index (χ1v) is 6.20. The molecule has 1 aliphatic rings. The summed E-state index contributed by atoms with van der Waals surface area (Å²) in [6, 6.07) is 0. The fourth-order valence-electron chi connectivity index (χ4n) is 2.41. The monoisotopic (exact) mass is 222 g/mol. The van der Waals surface area contributed by atoms with Crippen LogP contribution in [0.2, 0.25) is 0 Å². The van der Waals surface area contributed by atoms with E-state index in [0.717, 1.165) is 12.0 Å². The summed E-state index contributed by atoms with van der Waals surface area (Å²) < 4.78 is 0. The fraction of sp³-hybridized carbons (Fsp3) is 0.714. The predicted octanol–water partition coefficient (Wildman–Crippen LogP) is 3.16. The maximum Gasteiger partial charge on any atom is 0.157 e. The zero-order valence-corrected chi connectivity index (χ0v) is 10.7. The highest BCUT2D eigenvalue weighted by molar-refractivity contribution is 5.94. The van der Waals surface area contributed by atoms with Gasteiger partial charge in [-0.25, -0.2) is 0 Å². The van der Waals surface area contributed by atoms with Crippen molar-refractivity contribution in [3.05, 3.63) is 11.6 Å². The van der Waals surface area contributed by atoms with Crippen molar-refractivity contribution in [1.29, 1.82) is 0 Å². The Hall–Kier alpha value is -0.920. The van der Waals surface area contributed by atoms with Gasteiger partial charge in [0.05, 0.1) is 0 Å². The fourth-order valence-corrected chi connectivity index (χ4v) is 2.41. The van der Waals surface area contributed by atoms with E-state index in [2.05, 4.69) is 6.92 Å². The van der Waals surface area contributed by atoms with Crippen LogP contribution in [0.15, 0.2) is 11.6 Å². The molecule has 0 aromatic carbocycles. The molecule has 16 heavy (non-hydrogen) atoms. The number of ketones is 2. The van der Waals surface area contributed by atoms with Crippen LogP contribution in [0.25, 0.3) is 0 Å². The summed E-state index contributed by atoms with van der Waals surface area (Å²) in [5.74, 6) is 1.50. The molecule has 1 fully saturated rings. The van der Waals surface area contributed by atoms with Crippen LogP contribution in [0.1, 0.15) is 47.0 Å². The summed E-state index contributed by atoms with van der Waals surface area (Å²) in [6.45, 7) is 7.91. The maximum atomic E-state index is 11.7. The van der Waals surface area contributed by atoms with Crippen molar-refractivity contribution in [2.24, 2.45) is 17.8 Å². The Morgan fingerprint density at radius 3 is 2.62 bits per heavy atom. The highest BCUT2D eigenvalue weighted by Crippen LogP contribution is 2.32. The molecule has 0 radical (unpaired) electrons. The van der Waals surface area contributed by atoms with Gasteiger partial charge in [0.1, 0.15) is 5.78 Å². The normalized spacial score (nSPS) is 31.6. The lowest BCUT2D eigenvalue weighted by Crippen LogP contribution is -2.28. The first-order valence-electron chi connectivity index (χ1n) is 6.20. The van der Waals surface area contributed by atoms with Crippen LogP contribution in [0, 0.1) is 17.8 Å². The van der Waals surface area contributed by atoms with E-state index in [4.69, 9.17) is 0 Å². The number of rotatable bonds is 3.